The van der Waals surface area contributed by atoms with Gasteiger partial charge in [-0.2, -0.15) is 0 Å². The molecule has 1 N–H and O–H groups in total. The van der Waals surface area contributed by atoms with Crippen LogP contribution in [0.3, 0.4) is 0 Å². The maximum absolute atomic E-state index is 12.8. The molecule has 0 radical (unpaired) electrons. The Morgan fingerprint density at radius 1 is 1.14 bits per heavy atom. The van der Waals surface area contributed by atoms with Gasteiger partial charge in [-0.25, -0.2) is 0 Å². The van der Waals surface area contributed by atoms with E-state index in [0.717, 1.165) is 0 Å². The summed E-state index contributed by atoms with van der Waals surface area (Å²) in [5.74, 6) is 0.335. The molecule has 0 aliphatic carbocycles. The Labute approximate surface area is 129 Å². The maximum Gasteiger partial charge on any atom is 0.268 e. The van der Waals surface area contributed by atoms with Crippen molar-refractivity contribution in [3.63, 3.8) is 0 Å². The van der Waals surface area contributed by atoms with E-state index in [1.54, 1.807) is 55.6 Å². The minimum atomic E-state index is -1.67. The standard InChI is InChI=1S/C18H17NO3/c1-13-12-19(15-8-10-16(22-2)11-9-15)17(20)18(13,21)14-6-4-3-5-7-14/h3-11,21H,1,12H2,2H3. The lowest BCUT2D eigenvalue weighted by molar-refractivity contribution is -0.131. The van der Waals surface area contributed by atoms with Crippen molar-refractivity contribution in [1.82, 2.24) is 0 Å². The lowest BCUT2D eigenvalue weighted by Gasteiger charge is -2.23. The predicted octanol–water partition coefficient (Wildman–Crippen LogP) is 2.49. The summed E-state index contributed by atoms with van der Waals surface area (Å²) in [5.41, 5.74) is 0.0561. The highest BCUT2D eigenvalue weighted by Crippen LogP contribution is 2.39. The van der Waals surface area contributed by atoms with Gasteiger partial charge in [0, 0.05) is 5.69 Å². The van der Waals surface area contributed by atoms with E-state index >= 15 is 0 Å². The smallest absolute Gasteiger partial charge is 0.268 e. The van der Waals surface area contributed by atoms with E-state index in [4.69, 9.17) is 4.74 Å². The minimum Gasteiger partial charge on any atom is -0.497 e. The van der Waals surface area contributed by atoms with E-state index in [9.17, 15) is 9.90 Å². The van der Waals surface area contributed by atoms with Crippen LogP contribution in [0.25, 0.3) is 0 Å². The van der Waals surface area contributed by atoms with E-state index in [1.807, 2.05) is 6.07 Å². The number of carbonyl (C=O) groups is 1. The first-order valence-electron chi connectivity index (χ1n) is 6.99. The lowest BCUT2D eigenvalue weighted by atomic mass is 9.89. The van der Waals surface area contributed by atoms with Crippen LogP contribution in [0.2, 0.25) is 0 Å². The maximum atomic E-state index is 12.8. The third kappa shape index (κ3) is 2.09. The number of hydrogen-bond acceptors (Lipinski definition) is 3. The summed E-state index contributed by atoms with van der Waals surface area (Å²) < 4.78 is 5.12. The zero-order valence-corrected chi connectivity index (χ0v) is 12.3. The quantitative estimate of drug-likeness (QED) is 0.885. The first kappa shape index (κ1) is 14.4. The molecule has 2 aromatic carbocycles. The highest BCUT2D eigenvalue weighted by molar-refractivity contribution is 6.06. The van der Waals surface area contributed by atoms with Gasteiger partial charge in [0.15, 0.2) is 5.60 Å². The highest BCUT2D eigenvalue weighted by atomic mass is 16.5. The lowest BCUT2D eigenvalue weighted by Crippen LogP contribution is -2.38. The van der Waals surface area contributed by atoms with E-state index in [2.05, 4.69) is 6.58 Å². The van der Waals surface area contributed by atoms with Gasteiger partial charge in [-0.15, -0.1) is 0 Å². The molecule has 1 aliphatic heterocycles. The highest BCUT2D eigenvalue weighted by Gasteiger charge is 2.50. The molecule has 22 heavy (non-hydrogen) atoms. The van der Waals surface area contributed by atoms with Crippen LogP contribution in [-0.4, -0.2) is 24.7 Å². The van der Waals surface area contributed by atoms with Crippen molar-refractivity contribution in [2.75, 3.05) is 18.6 Å². The first-order chi connectivity index (χ1) is 10.6. The molecule has 1 aliphatic rings. The molecule has 1 atom stereocenters. The number of nitrogens with zero attached hydrogens (tertiary/aromatic N) is 1. The molecular formula is C18H17NO3. The van der Waals surface area contributed by atoms with Gasteiger partial charge in [0.05, 0.1) is 13.7 Å². The van der Waals surface area contributed by atoms with Crippen molar-refractivity contribution >= 4 is 11.6 Å². The van der Waals surface area contributed by atoms with Crippen molar-refractivity contribution in [3.05, 3.63) is 72.3 Å². The molecule has 1 saturated heterocycles. The molecule has 4 heteroatoms. The van der Waals surface area contributed by atoms with Crippen LogP contribution in [0.4, 0.5) is 5.69 Å². The Balaban J connectivity index is 1.97. The second kappa shape index (κ2) is 5.31. The van der Waals surface area contributed by atoms with Gasteiger partial charge >= 0.3 is 0 Å². The summed E-state index contributed by atoms with van der Waals surface area (Å²) in [6.45, 7) is 4.19. The third-order valence-corrected chi connectivity index (χ3v) is 3.99. The summed E-state index contributed by atoms with van der Waals surface area (Å²) in [7, 11) is 1.59. The average molecular weight is 295 g/mol. The molecule has 0 bridgehead atoms. The molecule has 1 amide bonds. The average Bonchev–Trinajstić information content (AvgIpc) is 2.81. The predicted molar refractivity (Wildman–Crippen MR) is 84.8 cm³/mol. The number of ether oxygens (including phenoxy) is 1. The summed E-state index contributed by atoms with van der Waals surface area (Å²) in [6.07, 6.45) is 0. The zero-order valence-electron chi connectivity index (χ0n) is 12.3. The second-order valence-corrected chi connectivity index (χ2v) is 5.27. The van der Waals surface area contributed by atoms with Crippen LogP contribution in [0.1, 0.15) is 5.56 Å². The van der Waals surface area contributed by atoms with Gasteiger partial charge in [0.25, 0.3) is 5.91 Å². The van der Waals surface area contributed by atoms with Gasteiger partial charge in [-0.1, -0.05) is 36.9 Å². The fourth-order valence-corrected chi connectivity index (χ4v) is 2.70. The topological polar surface area (TPSA) is 49.8 Å². The SMILES string of the molecule is C=C1CN(c2ccc(OC)cc2)C(=O)C1(O)c1ccccc1. The van der Waals surface area contributed by atoms with Gasteiger partial charge in [-0.05, 0) is 35.4 Å². The molecule has 1 heterocycles. The molecule has 3 rings (SSSR count). The van der Waals surface area contributed by atoms with Crippen molar-refractivity contribution in [1.29, 1.82) is 0 Å². The number of rotatable bonds is 3. The number of amides is 1. The molecule has 1 unspecified atom stereocenters. The number of aliphatic hydroxyl groups is 1. The zero-order chi connectivity index (χ0) is 15.7. The van der Waals surface area contributed by atoms with E-state index in [1.165, 1.54) is 4.90 Å². The fraction of sp³-hybridized carbons (Fsp3) is 0.167. The van der Waals surface area contributed by atoms with Gasteiger partial charge in [0.1, 0.15) is 5.75 Å². The summed E-state index contributed by atoms with van der Waals surface area (Å²) in [4.78, 5) is 14.3. The molecule has 0 spiro atoms. The van der Waals surface area contributed by atoms with Crippen LogP contribution in [0.5, 0.6) is 5.75 Å². The van der Waals surface area contributed by atoms with Crippen LogP contribution >= 0.6 is 0 Å². The van der Waals surface area contributed by atoms with Crippen molar-refractivity contribution in [3.8, 4) is 5.75 Å². The molecule has 0 saturated carbocycles. The Morgan fingerprint density at radius 2 is 1.77 bits per heavy atom. The molecule has 0 aromatic heterocycles. The number of carbonyl (C=O) groups excluding carboxylic acids is 1. The summed E-state index contributed by atoms with van der Waals surface area (Å²) >= 11 is 0. The van der Waals surface area contributed by atoms with Gasteiger partial charge in [-0.3, -0.25) is 4.79 Å². The van der Waals surface area contributed by atoms with Gasteiger partial charge < -0.3 is 14.7 Å². The van der Waals surface area contributed by atoms with Gasteiger partial charge in [0.2, 0.25) is 0 Å². The molecule has 4 nitrogen and oxygen atoms in total. The fourth-order valence-electron chi connectivity index (χ4n) is 2.70. The molecular weight excluding hydrogens is 278 g/mol. The Bertz CT molecular complexity index is 709. The molecule has 1 fully saturated rings. The normalized spacial score (nSPS) is 21.3. The summed E-state index contributed by atoms with van der Waals surface area (Å²) in [5, 5.41) is 10.9. The van der Waals surface area contributed by atoms with E-state index in [-0.39, 0.29) is 12.5 Å². The number of methoxy groups -OCH3 is 1. The Morgan fingerprint density at radius 3 is 2.36 bits per heavy atom. The number of anilines is 1. The van der Waals surface area contributed by atoms with Crippen LogP contribution < -0.4 is 9.64 Å². The van der Waals surface area contributed by atoms with E-state index < -0.39 is 5.60 Å². The monoisotopic (exact) mass is 295 g/mol. The first-order valence-corrected chi connectivity index (χ1v) is 6.99. The van der Waals surface area contributed by atoms with E-state index in [0.29, 0.717) is 22.6 Å². The largest absolute Gasteiger partial charge is 0.497 e. The van der Waals surface area contributed by atoms with Crippen LogP contribution in [0, 0.1) is 0 Å². The van der Waals surface area contributed by atoms with Crippen molar-refractivity contribution < 1.29 is 14.6 Å². The van der Waals surface area contributed by atoms with Crippen LogP contribution in [-0.2, 0) is 10.4 Å². The van der Waals surface area contributed by atoms with Crippen molar-refractivity contribution in [2.24, 2.45) is 0 Å². The number of benzene rings is 2. The second-order valence-electron chi connectivity index (χ2n) is 5.27. The Hall–Kier alpha value is -2.59. The minimum absolute atomic E-state index is 0.288. The third-order valence-electron chi connectivity index (χ3n) is 3.99. The number of hydrogen-bond donors (Lipinski definition) is 1. The van der Waals surface area contributed by atoms with Crippen molar-refractivity contribution in [2.45, 2.75) is 5.60 Å². The van der Waals surface area contributed by atoms with Crippen LogP contribution in [0.15, 0.2) is 66.7 Å². The molecule has 112 valence electrons. The molecule has 2 aromatic rings. The summed E-state index contributed by atoms with van der Waals surface area (Å²) in [6, 6.07) is 16.1. The Kier molecular flexibility index (Phi) is 3.47.